The molecule has 1 aromatic carbocycles. The lowest BCUT2D eigenvalue weighted by Gasteiger charge is -2.04. The van der Waals surface area contributed by atoms with E-state index in [0.717, 1.165) is 10.9 Å². The fourth-order valence-corrected chi connectivity index (χ4v) is 2.13. The Morgan fingerprint density at radius 2 is 2.00 bits per heavy atom. The van der Waals surface area contributed by atoms with Gasteiger partial charge in [-0.05, 0) is 45.0 Å². The van der Waals surface area contributed by atoms with Crippen LogP contribution in [0.5, 0.6) is 0 Å². The monoisotopic (exact) mass is 221 g/mol. The Labute approximate surface area is 87.8 Å². The summed E-state index contributed by atoms with van der Waals surface area (Å²) in [7, 11) is -2.20. The van der Waals surface area contributed by atoms with Crippen molar-refractivity contribution in [2.24, 2.45) is 0 Å². The molecule has 1 aromatic heterocycles. The van der Waals surface area contributed by atoms with E-state index >= 15 is 0 Å². The summed E-state index contributed by atoms with van der Waals surface area (Å²) in [4.78, 5) is 14.4. The molecule has 0 saturated heterocycles. The molecule has 1 N–H and O–H groups in total. The lowest BCUT2D eigenvalue weighted by molar-refractivity contribution is 0.685. The van der Waals surface area contributed by atoms with Gasteiger partial charge < -0.3 is 4.98 Å². The summed E-state index contributed by atoms with van der Waals surface area (Å²) in [5.74, 6) is 3.62. The van der Waals surface area contributed by atoms with E-state index in [0.29, 0.717) is 4.90 Å². The largest absolute Gasteiger partial charge is 0.322 e. The topological polar surface area (TPSA) is 49.9 Å². The molecule has 1 heterocycles. The van der Waals surface area contributed by atoms with E-state index in [2.05, 4.69) is 10.9 Å². The minimum Gasteiger partial charge on any atom is -0.322 e. The molecule has 1 atom stereocenters. The van der Waals surface area contributed by atoms with Gasteiger partial charge >= 0.3 is 0 Å². The molecular formula is C11H11NO2S. The van der Waals surface area contributed by atoms with Crippen molar-refractivity contribution in [1.29, 1.82) is 0 Å². The van der Waals surface area contributed by atoms with Crippen LogP contribution in [0.4, 0.5) is 0 Å². The summed E-state index contributed by atoms with van der Waals surface area (Å²) >= 11 is 0. The highest BCUT2D eigenvalue weighted by molar-refractivity contribution is 7.99. The van der Waals surface area contributed by atoms with Crippen molar-refractivity contribution in [3.05, 3.63) is 40.7 Å². The molecule has 0 bridgehead atoms. The second-order valence-electron chi connectivity index (χ2n) is 3.58. The predicted octanol–water partition coefficient (Wildman–Crippen LogP) is 1.23. The molecule has 15 heavy (non-hydrogen) atoms. The number of nitrogens with one attached hydrogen (secondary N) is 1. The maximum absolute atomic E-state index is 11.7. The van der Waals surface area contributed by atoms with Crippen molar-refractivity contribution >= 4 is 26.3 Å². The molecule has 0 saturated carbocycles. The molecule has 2 aromatic rings. The number of fused-ring (bicyclic) bond motifs is 1. The molecule has 78 valence electrons. The van der Waals surface area contributed by atoms with Crippen LogP contribution in [0.15, 0.2) is 40.0 Å². The Morgan fingerprint density at radius 3 is 2.67 bits per heavy atom. The van der Waals surface area contributed by atoms with Crippen LogP contribution in [-0.4, -0.2) is 21.3 Å². The lowest BCUT2D eigenvalue weighted by Crippen LogP contribution is -2.03. The van der Waals surface area contributed by atoms with Gasteiger partial charge in [0.05, 0.1) is 0 Å². The van der Waals surface area contributed by atoms with E-state index in [9.17, 15) is 9.00 Å². The third kappa shape index (κ3) is 1.94. The number of pyridine rings is 1. The maximum Gasteiger partial charge on any atom is 0.248 e. The van der Waals surface area contributed by atoms with Crippen LogP contribution >= 0.6 is 0 Å². The molecule has 3 nitrogen and oxygen atoms in total. The zero-order valence-corrected chi connectivity index (χ0v) is 9.14. The zero-order chi connectivity index (χ0) is 11.1. The molecule has 0 aliphatic heterocycles. The lowest BCUT2D eigenvalue weighted by atomic mass is 10.2. The zero-order valence-electron chi connectivity index (χ0n) is 8.32. The van der Waals surface area contributed by atoms with Crippen LogP contribution in [0.2, 0.25) is 0 Å². The highest BCUT2D eigenvalue weighted by atomic mass is 32.2. The highest BCUT2D eigenvalue weighted by Gasteiger charge is 2.02. The van der Waals surface area contributed by atoms with Crippen LogP contribution in [0.25, 0.3) is 10.9 Å². The first-order valence-corrected chi connectivity index (χ1v) is 6.56. The third-order valence-electron chi connectivity index (χ3n) is 2.19. The van der Waals surface area contributed by atoms with Crippen molar-refractivity contribution in [2.45, 2.75) is 4.90 Å². The smallest absolute Gasteiger partial charge is 0.248 e. The van der Waals surface area contributed by atoms with Crippen LogP contribution in [-0.2, 0) is 9.52 Å². The van der Waals surface area contributed by atoms with Gasteiger partial charge in [-0.15, -0.1) is 0 Å². The molecule has 0 fully saturated rings. The van der Waals surface area contributed by atoms with Crippen molar-refractivity contribution < 1.29 is 4.21 Å². The maximum atomic E-state index is 11.7. The average Bonchev–Trinajstić information content (AvgIpc) is 2.15. The fraction of sp³-hybridized carbons (Fsp3) is 0.0909. The minimum atomic E-state index is -2.20. The number of aromatic nitrogens is 1. The molecule has 0 aliphatic rings. The predicted molar refractivity (Wildman–Crippen MR) is 64.0 cm³/mol. The quantitative estimate of drug-likeness (QED) is 0.736. The normalized spacial score (nSPS) is 15.0. The first kappa shape index (κ1) is 9.98. The summed E-state index contributed by atoms with van der Waals surface area (Å²) in [5, 5.41) is 0.866. The van der Waals surface area contributed by atoms with Gasteiger partial charge in [-0.2, -0.15) is 0 Å². The second kappa shape index (κ2) is 3.24. The molecule has 2 rings (SSSR count). The molecule has 4 heteroatoms. The Kier molecular flexibility index (Phi) is 2.16. The Hall–Kier alpha value is -1.55. The van der Waals surface area contributed by atoms with Gasteiger partial charge in [0.2, 0.25) is 5.56 Å². The van der Waals surface area contributed by atoms with Gasteiger partial charge in [-0.3, -0.25) is 9.00 Å². The summed E-state index contributed by atoms with van der Waals surface area (Å²) in [6.07, 6.45) is 1.60. The van der Waals surface area contributed by atoms with Gasteiger partial charge in [0, 0.05) is 22.7 Å². The third-order valence-corrected chi connectivity index (χ3v) is 3.44. The molecular weight excluding hydrogens is 210 g/mol. The SMILES string of the molecule is C=S(C)(=O)c1ccc2[nH]c(=O)ccc2c1. The molecule has 0 amide bonds. The van der Waals surface area contributed by atoms with Crippen LogP contribution in [0.3, 0.4) is 0 Å². The number of hydrogen-bond acceptors (Lipinski definition) is 2. The highest BCUT2D eigenvalue weighted by Crippen LogP contribution is 2.15. The van der Waals surface area contributed by atoms with Gasteiger partial charge in [0.25, 0.3) is 0 Å². The van der Waals surface area contributed by atoms with Crippen LogP contribution in [0, 0.1) is 0 Å². The number of benzene rings is 1. The van der Waals surface area contributed by atoms with Gasteiger partial charge in [-0.25, -0.2) is 0 Å². The van der Waals surface area contributed by atoms with Crippen molar-refractivity contribution in [3.63, 3.8) is 0 Å². The van der Waals surface area contributed by atoms with Gasteiger partial charge in [-0.1, -0.05) is 0 Å². The summed E-state index contributed by atoms with van der Waals surface area (Å²) in [6, 6.07) is 8.43. The summed E-state index contributed by atoms with van der Waals surface area (Å²) in [5.41, 5.74) is 0.608. The first-order valence-electron chi connectivity index (χ1n) is 4.42. The number of aromatic amines is 1. The summed E-state index contributed by atoms with van der Waals surface area (Å²) < 4.78 is 11.7. The van der Waals surface area contributed by atoms with Crippen molar-refractivity contribution in [3.8, 4) is 0 Å². The standard InChI is InChI=1S/C11H11NO2S/c1-15(2,14)9-4-5-10-8(7-9)3-6-11(13)12-10/h3-7H,1H2,2H3,(H,12,13). The van der Waals surface area contributed by atoms with Crippen molar-refractivity contribution in [2.75, 3.05) is 6.26 Å². The second-order valence-corrected chi connectivity index (χ2v) is 6.06. The number of H-pyrrole nitrogens is 1. The molecule has 0 radical (unpaired) electrons. The summed E-state index contributed by atoms with van der Waals surface area (Å²) in [6.45, 7) is 0. The van der Waals surface area contributed by atoms with E-state index in [1.807, 2.05) is 0 Å². The Morgan fingerprint density at radius 1 is 1.27 bits per heavy atom. The first-order chi connectivity index (χ1) is 6.97. The number of rotatable bonds is 1. The minimum absolute atomic E-state index is 0.137. The van der Waals surface area contributed by atoms with E-state index < -0.39 is 9.52 Å². The van der Waals surface area contributed by atoms with Gasteiger partial charge in [0.15, 0.2) is 0 Å². The fourth-order valence-electron chi connectivity index (χ4n) is 1.40. The molecule has 0 aliphatic carbocycles. The van der Waals surface area contributed by atoms with Crippen LogP contribution in [0.1, 0.15) is 0 Å². The van der Waals surface area contributed by atoms with E-state index in [4.69, 9.17) is 0 Å². The Balaban J connectivity index is 2.78. The van der Waals surface area contributed by atoms with Crippen LogP contribution < -0.4 is 5.56 Å². The molecule has 1 unspecified atom stereocenters. The van der Waals surface area contributed by atoms with Gasteiger partial charge in [0.1, 0.15) is 0 Å². The Bertz CT molecular complexity index is 668. The number of hydrogen-bond donors (Lipinski definition) is 1. The van der Waals surface area contributed by atoms with E-state index in [-0.39, 0.29) is 5.56 Å². The molecule has 0 spiro atoms. The average molecular weight is 221 g/mol. The van der Waals surface area contributed by atoms with E-state index in [1.165, 1.54) is 6.07 Å². The van der Waals surface area contributed by atoms with E-state index in [1.54, 1.807) is 30.5 Å². The van der Waals surface area contributed by atoms with Crippen molar-refractivity contribution in [1.82, 2.24) is 4.98 Å².